The molecule has 94 valence electrons. The van der Waals surface area contributed by atoms with Gasteiger partial charge in [-0.1, -0.05) is 19.1 Å². The quantitative estimate of drug-likeness (QED) is 0.822. The van der Waals surface area contributed by atoms with Gasteiger partial charge in [0.15, 0.2) is 0 Å². The minimum Gasteiger partial charge on any atom is -0.481 e. The topological polar surface area (TPSA) is 55.1 Å². The van der Waals surface area contributed by atoms with E-state index in [1.807, 2.05) is 22.8 Å². The molecule has 1 aromatic heterocycles. The highest BCUT2D eigenvalue weighted by Gasteiger charge is 2.12. The molecule has 4 heteroatoms. The number of aromatic nitrogens is 2. The first-order valence-electron chi connectivity index (χ1n) is 5.96. The van der Waals surface area contributed by atoms with Crippen molar-refractivity contribution in [2.45, 2.75) is 26.3 Å². The number of aliphatic carboxylic acids is 1. The van der Waals surface area contributed by atoms with Gasteiger partial charge in [-0.15, -0.1) is 6.58 Å². The first-order valence-corrected chi connectivity index (χ1v) is 5.96. The van der Waals surface area contributed by atoms with Gasteiger partial charge >= 0.3 is 5.97 Å². The number of carboxylic acids is 1. The lowest BCUT2D eigenvalue weighted by Gasteiger charge is -2.04. The summed E-state index contributed by atoms with van der Waals surface area (Å²) in [5.41, 5.74) is 3.02. The van der Waals surface area contributed by atoms with Gasteiger partial charge < -0.3 is 9.67 Å². The van der Waals surface area contributed by atoms with Crippen LogP contribution >= 0.6 is 0 Å². The van der Waals surface area contributed by atoms with Gasteiger partial charge in [0.1, 0.15) is 12.2 Å². The molecule has 0 aliphatic carbocycles. The fraction of sp³-hybridized carbons (Fsp3) is 0.286. The molecule has 4 nitrogen and oxygen atoms in total. The van der Waals surface area contributed by atoms with Gasteiger partial charge in [0.25, 0.3) is 0 Å². The number of allylic oxidation sites excluding steroid dienone is 1. The van der Waals surface area contributed by atoms with E-state index in [2.05, 4.69) is 18.5 Å². The predicted molar refractivity (Wildman–Crippen MR) is 70.6 cm³/mol. The molecule has 0 aliphatic rings. The number of benzene rings is 1. The SMILES string of the molecule is C=CCn1c(CC(=O)O)nc2cc(CC)ccc21. The highest BCUT2D eigenvalue weighted by molar-refractivity contribution is 5.79. The van der Waals surface area contributed by atoms with Crippen molar-refractivity contribution < 1.29 is 9.90 Å². The van der Waals surface area contributed by atoms with Gasteiger partial charge in [0.05, 0.1) is 11.0 Å². The van der Waals surface area contributed by atoms with E-state index in [0.717, 1.165) is 17.5 Å². The lowest BCUT2D eigenvalue weighted by Crippen LogP contribution is -2.08. The van der Waals surface area contributed by atoms with Crippen LogP contribution in [0.15, 0.2) is 30.9 Å². The molecular formula is C14H16N2O2. The molecule has 1 aromatic carbocycles. The van der Waals surface area contributed by atoms with Crippen LogP contribution in [-0.4, -0.2) is 20.6 Å². The van der Waals surface area contributed by atoms with Gasteiger partial charge in [0, 0.05) is 6.54 Å². The number of rotatable bonds is 5. The lowest BCUT2D eigenvalue weighted by atomic mass is 10.1. The van der Waals surface area contributed by atoms with E-state index in [1.54, 1.807) is 6.08 Å². The number of hydrogen-bond acceptors (Lipinski definition) is 2. The molecule has 1 heterocycles. The number of carbonyl (C=O) groups is 1. The summed E-state index contributed by atoms with van der Waals surface area (Å²) >= 11 is 0. The Morgan fingerprint density at radius 3 is 2.94 bits per heavy atom. The van der Waals surface area contributed by atoms with Crippen molar-refractivity contribution in [3.63, 3.8) is 0 Å². The van der Waals surface area contributed by atoms with Crippen molar-refractivity contribution in [3.8, 4) is 0 Å². The third-order valence-corrected chi connectivity index (χ3v) is 2.92. The van der Waals surface area contributed by atoms with Crippen molar-refractivity contribution in [3.05, 3.63) is 42.2 Å². The van der Waals surface area contributed by atoms with Crippen molar-refractivity contribution in [2.24, 2.45) is 0 Å². The molecule has 1 N–H and O–H groups in total. The normalized spacial score (nSPS) is 10.7. The Morgan fingerprint density at radius 2 is 2.33 bits per heavy atom. The second-order valence-corrected chi connectivity index (χ2v) is 4.17. The van der Waals surface area contributed by atoms with Crippen LogP contribution in [0.25, 0.3) is 11.0 Å². The first kappa shape index (κ1) is 12.4. The maximum atomic E-state index is 10.8. The van der Waals surface area contributed by atoms with Gasteiger partial charge in [-0.05, 0) is 24.1 Å². The molecule has 0 saturated heterocycles. The third-order valence-electron chi connectivity index (χ3n) is 2.92. The van der Waals surface area contributed by atoms with Crippen molar-refractivity contribution >= 4 is 17.0 Å². The zero-order valence-corrected chi connectivity index (χ0v) is 10.4. The first-order chi connectivity index (χ1) is 8.65. The van der Waals surface area contributed by atoms with E-state index in [1.165, 1.54) is 5.56 Å². The maximum absolute atomic E-state index is 10.8. The summed E-state index contributed by atoms with van der Waals surface area (Å²) in [6, 6.07) is 6.06. The summed E-state index contributed by atoms with van der Waals surface area (Å²) in [6.45, 7) is 6.36. The Kier molecular flexibility index (Phi) is 3.46. The van der Waals surface area contributed by atoms with Crippen molar-refractivity contribution in [1.29, 1.82) is 0 Å². The van der Waals surface area contributed by atoms with Crippen LogP contribution in [0.5, 0.6) is 0 Å². The second-order valence-electron chi connectivity index (χ2n) is 4.17. The highest BCUT2D eigenvalue weighted by atomic mass is 16.4. The largest absolute Gasteiger partial charge is 0.481 e. The summed E-state index contributed by atoms with van der Waals surface area (Å²) in [7, 11) is 0. The van der Waals surface area contributed by atoms with E-state index < -0.39 is 5.97 Å². The van der Waals surface area contributed by atoms with Crippen molar-refractivity contribution in [1.82, 2.24) is 9.55 Å². The third kappa shape index (κ3) is 2.27. The van der Waals surface area contributed by atoms with Gasteiger partial charge in [0.2, 0.25) is 0 Å². The number of carboxylic acid groups (broad SMARTS) is 1. The summed E-state index contributed by atoms with van der Waals surface area (Å²) < 4.78 is 1.90. The fourth-order valence-corrected chi connectivity index (χ4v) is 2.05. The molecule has 0 aliphatic heterocycles. The number of fused-ring (bicyclic) bond motifs is 1. The minimum absolute atomic E-state index is 0.0655. The van der Waals surface area contributed by atoms with Crippen LogP contribution < -0.4 is 0 Å². The number of imidazole rings is 1. The van der Waals surface area contributed by atoms with Gasteiger partial charge in [-0.2, -0.15) is 0 Å². The Labute approximate surface area is 106 Å². The molecule has 2 aromatic rings. The molecule has 0 saturated carbocycles. The minimum atomic E-state index is -0.869. The van der Waals surface area contributed by atoms with Crippen LogP contribution in [0.4, 0.5) is 0 Å². The van der Waals surface area contributed by atoms with E-state index >= 15 is 0 Å². The average molecular weight is 244 g/mol. The van der Waals surface area contributed by atoms with Crippen LogP contribution in [0.2, 0.25) is 0 Å². The lowest BCUT2D eigenvalue weighted by molar-refractivity contribution is -0.136. The summed E-state index contributed by atoms with van der Waals surface area (Å²) in [4.78, 5) is 15.3. The molecular weight excluding hydrogens is 228 g/mol. The van der Waals surface area contributed by atoms with Gasteiger partial charge in [-0.25, -0.2) is 4.98 Å². The second kappa shape index (κ2) is 5.04. The van der Waals surface area contributed by atoms with E-state index in [9.17, 15) is 4.79 Å². The van der Waals surface area contributed by atoms with Gasteiger partial charge in [-0.3, -0.25) is 4.79 Å². The highest BCUT2D eigenvalue weighted by Crippen LogP contribution is 2.19. The zero-order chi connectivity index (χ0) is 13.1. The maximum Gasteiger partial charge on any atom is 0.311 e. The Morgan fingerprint density at radius 1 is 1.56 bits per heavy atom. The van der Waals surface area contributed by atoms with E-state index in [0.29, 0.717) is 12.4 Å². The predicted octanol–water partition coefficient (Wildman–Crippen LogP) is 2.41. The molecule has 0 atom stereocenters. The van der Waals surface area contributed by atoms with E-state index in [-0.39, 0.29) is 6.42 Å². The number of hydrogen-bond donors (Lipinski definition) is 1. The van der Waals surface area contributed by atoms with Crippen LogP contribution in [-0.2, 0) is 24.2 Å². The Bertz CT molecular complexity index is 599. The van der Waals surface area contributed by atoms with Crippen LogP contribution in [0.1, 0.15) is 18.3 Å². The average Bonchev–Trinajstić information content (AvgIpc) is 2.66. The van der Waals surface area contributed by atoms with Crippen LogP contribution in [0, 0.1) is 0 Å². The molecule has 0 fully saturated rings. The van der Waals surface area contributed by atoms with Crippen LogP contribution in [0.3, 0.4) is 0 Å². The monoisotopic (exact) mass is 244 g/mol. The molecule has 0 bridgehead atoms. The zero-order valence-electron chi connectivity index (χ0n) is 10.4. The summed E-state index contributed by atoms with van der Waals surface area (Å²) in [5.74, 6) is -0.294. The Balaban J connectivity index is 2.57. The molecule has 0 spiro atoms. The molecule has 18 heavy (non-hydrogen) atoms. The fourth-order valence-electron chi connectivity index (χ4n) is 2.05. The molecule has 0 amide bonds. The molecule has 0 unspecified atom stereocenters. The number of nitrogens with zero attached hydrogens (tertiary/aromatic N) is 2. The molecule has 2 rings (SSSR count). The van der Waals surface area contributed by atoms with E-state index in [4.69, 9.17) is 5.11 Å². The standard InChI is InChI=1S/C14H16N2O2/c1-3-7-16-12-6-5-10(4-2)8-11(12)15-13(16)9-14(17)18/h3,5-6,8H,1,4,7,9H2,2H3,(H,17,18). The summed E-state index contributed by atoms with van der Waals surface area (Å²) in [6.07, 6.45) is 2.63. The summed E-state index contributed by atoms with van der Waals surface area (Å²) in [5, 5.41) is 8.91. The smallest absolute Gasteiger partial charge is 0.311 e. The van der Waals surface area contributed by atoms with Crippen molar-refractivity contribution in [2.75, 3.05) is 0 Å². The Hall–Kier alpha value is -2.10. The number of aryl methyl sites for hydroxylation is 1. The molecule has 0 radical (unpaired) electrons.